The average Bonchev–Trinajstić information content (AvgIpc) is 3.58. The Bertz CT molecular complexity index is 1030. The van der Waals surface area contributed by atoms with Gasteiger partial charge in [0.2, 0.25) is 5.82 Å². The molecule has 162 valence electrons. The van der Waals surface area contributed by atoms with Crippen molar-refractivity contribution in [2.75, 3.05) is 10.2 Å². The van der Waals surface area contributed by atoms with Crippen molar-refractivity contribution < 1.29 is 17.6 Å². The summed E-state index contributed by atoms with van der Waals surface area (Å²) in [6.45, 7) is 0.642. The molecule has 0 spiro atoms. The third kappa shape index (κ3) is 5.28. The van der Waals surface area contributed by atoms with E-state index < -0.39 is 17.6 Å². The fourth-order valence-corrected chi connectivity index (χ4v) is 3.39. The highest BCUT2D eigenvalue weighted by atomic mass is 32.1. The van der Waals surface area contributed by atoms with E-state index in [2.05, 4.69) is 27.9 Å². The smallest absolute Gasteiger partial charge is 0.363 e. The van der Waals surface area contributed by atoms with E-state index in [1.165, 1.54) is 18.5 Å². The summed E-state index contributed by atoms with van der Waals surface area (Å²) in [6.07, 6.45) is -1.34. The molecule has 1 aliphatic carbocycles. The van der Waals surface area contributed by atoms with E-state index >= 15 is 4.39 Å². The lowest BCUT2D eigenvalue weighted by molar-refractivity contribution is -0.137. The molecule has 4 rings (SSSR count). The number of thiol groups is 1. The predicted molar refractivity (Wildman–Crippen MR) is 114 cm³/mol. The van der Waals surface area contributed by atoms with Gasteiger partial charge in [-0.3, -0.25) is 0 Å². The first kappa shape index (κ1) is 21.4. The Morgan fingerprint density at radius 3 is 2.23 bits per heavy atom. The summed E-state index contributed by atoms with van der Waals surface area (Å²) < 4.78 is 53.6. The molecule has 0 amide bonds. The number of hydrogen-bond acceptors (Lipinski definition) is 5. The Labute approximate surface area is 182 Å². The topological polar surface area (TPSA) is 41.1 Å². The highest BCUT2D eigenvalue weighted by Gasteiger charge is 2.33. The summed E-state index contributed by atoms with van der Waals surface area (Å²) in [7, 11) is 0. The number of halogens is 4. The average molecular weight is 448 g/mol. The number of nitrogens with zero attached hydrogens (tertiary/aromatic N) is 3. The number of anilines is 2. The van der Waals surface area contributed by atoms with E-state index in [1.54, 1.807) is 4.90 Å². The quantitative estimate of drug-likeness (QED) is 0.359. The molecular formula is C22H20F4N4S. The molecule has 9 heteroatoms. The summed E-state index contributed by atoms with van der Waals surface area (Å²) in [4.78, 5) is 10.8. The summed E-state index contributed by atoms with van der Waals surface area (Å²) in [5.74, 6) is -0.351. The highest BCUT2D eigenvalue weighted by Crippen LogP contribution is 2.35. The zero-order chi connectivity index (χ0) is 22.0. The number of hydrogen-bond donors (Lipinski definition) is 2. The molecule has 1 aliphatic rings. The van der Waals surface area contributed by atoms with Crippen LogP contribution in [-0.2, 0) is 19.3 Å². The van der Waals surface area contributed by atoms with Crippen molar-refractivity contribution in [1.82, 2.24) is 9.97 Å². The van der Waals surface area contributed by atoms with Gasteiger partial charge >= 0.3 is 6.18 Å². The maximum Gasteiger partial charge on any atom is 0.416 e. The van der Waals surface area contributed by atoms with Crippen molar-refractivity contribution in [3.63, 3.8) is 0 Å². The molecular weight excluding hydrogens is 428 g/mol. The molecule has 1 heterocycles. The minimum absolute atomic E-state index is 0.0815. The molecule has 0 saturated heterocycles. The fourth-order valence-electron chi connectivity index (χ4n) is 3.24. The Morgan fingerprint density at radius 1 is 0.968 bits per heavy atom. The first-order valence-electron chi connectivity index (χ1n) is 9.76. The Balaban J connectivity index is 1.52. The van der Waals surface area contributed by atoms with E-state index in [0.717, 1.165) is 35.4 Å². The van der Waals surface area contributed by atoms with Gasteiger partial charge < -0.3 is 10.2 Å². The predicted octanol–water partition coefficient (Wildman–Crippen LogP) is 5.70. The van der Waals surface area contributed by atoms with Gasteiger partial charge in [-0.05, 0) is 48.2 Å². The third-order valence-electron chi connectivity index (χ3n) is 5.06. The lowest BCUT2D eigenvalue weighted by Crippen LogP contribution is -2.27. The lowest BCUT2D eigenvalue weighted by Gasteiger charge is -2.24. The van der Waals surface area contributed by atoms with Gasteiger partial charge in [-0.1, -0.05) is 24.3 Å². The molecule has 31 heavy (non-hydrogen) atoms. The van der Waals surface area contributed by atoms with Gasteiger partial charge in [0.05, 0.1) is 5.56 Å². The van der Waals surface area contributed by atoms with Crippen molar-refractivity contribution in [1.29, 1.82) is 0 Å². The van der Waals surface area contributed by atoms with Gasteiger partial charge in [0.1, 0.15) is 6.33 Å². The van der Waals surface area contributed by atoms with Gasteiger partial charge in [0.25, 0.3) is 0 Å². The number of alkyl halides is 3. The normalized spacial score (nSPS) is 13.8. The molecule has 0 unspecified atom stereocenters. The second kappa shape index (κ2) is 8.74. The van der Waals surface area contributed by atoms with Crippen LogP contribution in [0.1, 0.15) is 29.5 Å². The van der Waals surface area contributed by atoms with Crippen molar-refractivity contribution in [2.45, 2.75) is 43.0 Å². The summed E-state index contributed by atoms with van der Waals surface area (Å²) >= 11 is 4.25. The zero-order valence-electron chi connectivity index (χ0n) is 16.4. The molecule has 0 aliphatic heterocycles. The van der Waals surface area contributed by atoms with Crippen molar-refractivity contribution in [3.05, 3.63) is 77.4 Å². The van der Waals surface area contributed by atoms with Crippen LogP contribution in [-0.4, -0.2) is 16.0 Å². The van der Waals surface area contributed by atoms with Crippen LogP contribution in [0.3, 0.4) is 0 Å². The van der Waals surface area contributed by atoms with Crippen molar-refractivity contribution in [2.24, 2.45) is 0 Å². The van der Waals surface area contributed by atoms with Crippen LogP contribution in [0, 0.1) is 5.82 Å². The largest absolute Gasteiger partial charge is 0.416 e. The summed E-state index contributed by atoms with van der Waals surface area (Å²) in [6, 6.07) is 12.5. The molecule has 1 N–H and O–H groups in total. The maximum atomic E-state index is 15.2. The SMILES string of the molecule is Fc1c(NCc2ccc(S)cc2)ncnc1N(Cc1ccc(C(F)(F)F)cc1)C1CC1. The number of rotatable bonds is 7. The monoisotopic (exact) mass is 448 g/mol. The third-order valence-corrected chi connectivity index (χ3v) is 5.36. The minimum atomic E-state index is -4.39. The van der Waals surface area contributed by atoms with E-state index in [0.29, 0.717) is 12.1 Å². The first-order chi connectivity index (χ1) is 14.8. The number of nitrogens with one attached hydrogen (secondary N) is 1. The molecule has 0 bridgehead atoms. The second-order valence-electron chi connectivity index (χ2n) is 7.43. The first-order valence-corrected chi connectivity index (χ1v) is 10.2. The standard InChI is InChI=1S/C22H20F4N4S/c23-19-20(27-11-14-3-9-18(31)10-4-14)28-13-29-21(19)30(17-7-8-17)12-15-1-5-16(6-2-15)22(24,25)26/h1-6,9-10,13,17,31H,7-8,11-12H2,(H,27,28,29). The number of benzene rings is 2. The lowest BCUT2D eigenvalue weighted by atomic mass is 10.1. The van der Waals surface area contributed by atoms with Crippen molar-refractivity contribution >= 4 is 24.3 Å². The van der Waals surface area contributed by atoms with E-state index in [1.807, 2.05) is 24.3 Å². The molecule has 1 aromatic heterocycles. The number of aromatic nitrogens is 2. The molecule has 0 radical (unpaired) electrons. The Kier molecular flexibility index (Phi) is 6.04. The molecule has 4 nitrogen and oxygen atoms in total. The van der Waals surface area contributed by atoms with Gasteiger partial charge in [-0.15, -0.1) is 12.6 Å². The Morgan fingerprint density at radius 2 is 1.61 bits per heavy atom. The minimum Gasteiger partial charge on any atom is -0.363 e. The Hall–Kier alpha value is -2.81. The molecule has 2 aromatic carbocycles. The van der Waals surface area contributed by atoms with Crippen LogP contribution in [0.5, 0.6) is 0 Å². The van der Waals surface area contributed by atoms with Crippen molar-refractivity contribution in [3.8, 4) is 0 Å². The van der Waals surface area contributed by atoms with E-state index in [9.17, 15) is 13.2 Å². The molecule has 1 saturated carbocycles. The van der Waals surface area contributed by atoms with Gasteiger partial charge in [0.15, 0.2) is 11.6 Å². The summed E-state index contributed by atoms with van der Waals surface area (Å²) in [5.41, 5.74) is 0.889. The van der Waals surface area contributed by atoms with Gasteiger partial charge in [0, 0.05) is 24.0 Å². The van der Waals surface area contributed by atoms with Crippen LogP contribution in [0.15, 0.2) is 59.8 Å². The van der Waals surface area contributed by atoms with Gasteiger partial charge in [-0.25, -0.2) is 9.97 Å². The summed E-state index contributed by atoms with van der Waals surface area (Å²) in [5, 5.41) is 2.99. The molecule has 1 fully saturated rings. The second-order valence-corrected chi connectivity index (χ2v) is 7.95. The van der Waals surface area contributed by atoms with E-state index in [4.69, 9.17) is 0 Å². The van der Waals surface area contributed by atoms with Crippen LogP contribution >= 0.6 is 12.6 Å². The maximum absolute atomic E-state index is 15.2. The molecule has 3 aromatic rings. The van der Waals surface area contributed by atoms with Crippen LogP contribution in [0.2, 0.25) is 0 Å². The highest BCUT2D eigenvalue weighted by molar-refractivity contribution is 7.80. The zero-order valence-corrected chi connectivity index (χ0v) is 17.3. The van der Waals surface area contributed by atoms with Crippen LogP contribution in [0.4, 0.5) is 29.2 Å². The van der Waals surface area contributed by atoms with Crippen LogP contribution in [0.25, 0.3) is 0 Å². The van der Waals surface area contributed by atoms with Crippen LogP contribution < -0.4 is 10.2 Å². The van der Waals surface area contributed by atoms with E-state index in [-0.39, 0.29) is 24.2 Å². The van der Waals surface area contributed by atoms with Gasteiger partial charge in [-0.2, -0.15) is 17.6 Å². The molecule has 0 atom stereocenters. The fraction of sp³-hybridized carbons (Fsp3) is 0.273.